The maximum atomic E-state index is 5.90. The zero-order chi connectivity index (χ0) is 13.1. The van der Waals surface area contributed by atoms with Crippen molar-refractivity contribution < 1.29 is 4.74 Å². The number of rotatable bonds is 3. The summed E-state index contributed by atoms with van der Waals surface area (Å²) in [5.74, 6) is 2.29. The van der Waals surface area contributed by atoms with Crippen molar-refractivity contribution in [1.29, 1.82) is 0 Å². The van der Waals surface area contributed by atoms with Crippen LogP contribution in [0.15, 0.2) is 36.4 Å². The minimum absolute atomic E-state index is 0.532. The van der Waals surface area contributed by atoms with Crippen LogP contribution in [0, 0.1) is 20.8 Å². The Labute approximate surface area is 113 Å². The highest BCUT2D eigenvalue weighted by Crippen LogP contribution is 2.27. The number of ether oxygens (including phenoxy) is 1. The average Bonchev–Trinajstić information content (AvgIpc) is 2.36. The van der Waals surface area contributed by atoms with Gasteiger partial charge in [-0.25, -0.2) is 0 Å². The molecule has 94 valence electrons. The summed E-state index contributed by atoms with van der Waals surface area (Å²) in [7, 11) is 0. The van der Waals surface area contributed by atoms with Crippen molar-refractivity contribution in [2.75, 3.05) is 0 Å². The minimum atomic E-state index is 0.532. The Morgan fingerprint density at radius 1 is 0.889 bits per heavy atom. The molecule has 2 aromatic rings. The summed E-state index contributed by atoms with van der Waals surface area (Å²) in [6, 6.07) is 12.2. The fraction of sp³-hybridized carbons (Fsp3) is 0.250. The number of aryl methyl sites for hydroxylation is 3. The van der Waals surface area contributed by atoms with Gasteiger partial charge < -0.3 is 4.74 Å². The van der Waals surface area contributed by atoms with Crippen LogP contribution in [0.5, 0.6) is 11.5 Å². The van der Waals surface area contributed by atoms with Crippen LogP contribution >= 0.6 is 11.6 Å². The van der Waals surface area contributed by atoms with Gasteiger partial charge in [0.1, 0.15) is 11.5 Å². The van der Waals surface area contributed by atoms with Crippen LogP contribution in [0.25, 0.3) is 0 Å². The molecule has 2 rings (SSSR count). The van der Waals surface area contributed by atoms with E-state index in [0.29, 0.717) is 5.88 Å². The Balaban J connectivity index is 2.25. The summed E-state index contributed by atoms with van der Waals surface area (Å²) in [5, 5.41) is 0. The molecule has 0 aliphatic heterocycles. The molecule has 0 amide bonds. The first kappa shape index (κ1) is 13.0. The van der Waals surface area contributed by atoms with Crippen LogP contribution in [0.2, 0.25) is 0 Å². The van der Waals surface area contributed by atoms with E-state index in [9.17, 15) is 0 Å². The van der Waals surface area contributed by atoms with Crippen molar-refractivity contribution in [2.24, 2.45) is 0 Å². The molecule has 0 aliphatic rings. The van der Waals surface area contributed by atoms with Gasteiger partial charge in [-0.1, -0.05) is 18.2 Å². The highest BCUT2D eigenvalue weighted by Gasteiger charge is 2.03. The molecule has 0 saturated heterocycles. The molecule has 0 radical (unpaired) electrons. The topological polar surface area (TPSA) is 9.23 Å². The molecule has 0 fully saturated rings. The first-order chi connectivity index (χ1) is 8.60. The van der Waals surface area contributed by atoms with Gasteiger partial charge in [-0.15, -0.1) is 11.6 Å². The highest BCUT2D eigenvalue weighted by atomic mass is 35.5. The highest BCUT2D eigenvalue weighted by molar-refractivity contribution is 6.17. The smallest absolute Gasteiger partial charge is 0.130 e. The summed E-state index contributed by atoms with van der Waals surface area (Å²) in [4.78, 5) is 0. The van der Waals surface area contributed by atoms with Gasteiger partial charge in [0.05, 0.1) is 0 Å². The van der Waals surface area contributed by atoms with Crippen molar-refractivity contribution in [3.05, 3.63) is 58.7 Å². The van der Waals surface area contributed by atoms with E-state index in [1.165, 1.54) is 11.1 Å². The molecule has 2 heteroatoms. The molecule has 1 nitrogen and oxygen atoms in total. The van der Waals surface area contributed by atoms with E-state index >= 15 is 0 Å². The van der Waals surface area contributed by atoms with Crippen molar-refractivity contribution in [2.45, 2.75) is 26.7 Å². The maximum Gasteiger partial charge on any atom is 0.130 e. The predicted octanol–water partition coefficient (Wildman–Crippen LogP) is 5.14. The molecule has 0 bridgehead atoms. The third kappa shape index (κ3) is 2.85. The van der Waals surface area contributed by atoms with Gasteiger partial charge in [-0.05, 0) is 61.2 Å². The second-order valence-electron chi connectivity index (χ2n) is 4.58. The molecule has 0 N–H and O–H groups in total. The first-order valence-electron chi connectivity index (χ1n) is 6.01. The summed E-state index contributed by atoms with van der Waals surface area (Å²) in [5.41, 5.74) is 4.73. The lowest BCUT2D eigenvalue weighted by molar-refractivity contribution is 0.478. The lowest BCUT2D eigenvalue weighted by atomic mass is 10.1. The van der Waals surface area contributed by atoms with Crippen molar-refractivity contribution >= 4 is 11.6 Å². The Morgan fingerprint density at radius 3 is 2.28 bits per heavy atom. The second-order valence-corrected chi connectivity index (χ2v) is 4.85. The van der Waals surface area contributed by atoms with Gasteiger partial charge >= 0.3 is 0 Å². The second kappa shape index (κ2) is 5.45. The van der Waals surface area contributed by atoms with E-state index in [0.717, 1.165) is 22.6 Å². The molecule has 0 unspecified atom stereocenters. The number of alkyl halides is 1. The van der Waals surface area contributed by atoms with Crippen LogP contribution in [0.3, 0.4) is 0 Å². The molecule has 0 saturated carbocycles. The lowest BCUT2D eigenvalue weighted by Gasteiger charge is -2.11. The first-order valence-corrected chi connectivity index (χ1v) is 6.54. The molecule has 18 heavy (non-hydrogen) atoms. The van der Waals surface area contributed by atoms with E-state index in [1.54, 1.807) is 0 Å². The molecular formula is C16H17ClO. The van der Waals surface area contributed by atoms with Gasteiger partial charge in [-0.3, -0.25) is 0 Å². The van der Waals surface area contributed by atoms with Crippen molar-refractivity contribution in [3.8, 4) is 11.5 Å². The predicted molar refractivity (Wildman–Crippen MR) is 76.7 cm³/mol. The van der Waals surface area contributed by atoms with Crippen LogP contribution in [0.1, 0.15) is 22.3 Å². The van der Waals surface area contributed by atoms with E-state index < -0.39 is 0 Å². The zero-order valence-corrected chi connectivity index (χ0v) is 11.7. The fourth-order valence-corrected chi connectivity index (χ4v) is 1.98. The van der Waals surface area contributed by atoms with Crippen molar-refractivity contribution in [3.63, 3.8) is 0 Å². The Morgan fingerprint density at radius 2 is 1.67 bits per heavy atom. The largest absolute Gasteiger partial charge is 0.457 e. The molecular weight excluding hydrogens is 244 g/mol. The minimum Gasteiger partial charge on any atom is -0.457 e. The average molecular weight is 261 g/mol. The number of halogens is 1. The van der Waals surface area contributed by atoms with Gasteiger partial charge in [-0.2, -0.15) is 0 Å². The van der Waals surface area contributed by atoms with Crippen LogP contribution in [-0.4, -0.2) is 0 Å². The van der Waals surface area contributed by atoms with E-state index in [1.807, 2.05) is 25.1 Å². The van der Waals surface area contributed by atoms with Gasteiger partial charge in [0, 0.05) is 5.88 Å². The maximum absolute atomic E-state index is 5.90. The quantitative estimate of drug-likeness (QED) is 0.694. The summed E-state index contributed by atoms with van der Waals surface area (Å²) < 4.78 is 5.90. The fourth-order valence-electron chi connectivity index (χ4n) is 1.81. The monoisotopic (exact) mass is 260 g/mol. The van der Waals surface area contributed by atoms with E-state index in [2.05, 4.69) is 32.0 Å². The third-order valence-corrected chi connectivity index (χ3v) is 3.41. The normalized spacial score (nSPS) is 10.4. The number of hydrogen-bond donors (Lipinski definition) is 0. The lowest BCUT2D eigenvalue weighted by Crippen LogP contribution is -1.90. The SMILES string of the molecule is Cc1ccc(Oc2ccc(CCl)cc2C)cc1C. The molecule has 2 aromatic carbocycles. The Hall–Kier alpha value is -1.47. The number of benzene rings is 2. The summed E-state index contributed by atoms with van der Waals surface area (Å²) in [6.45, 7) is 6.22. The zero-order valence-electron chi connectivity index (χ0n) is 11.0. The van der Waals surface area contributed by atoms with Crippen LogP contribution in [0.4, 0.5) is 0 Å². The van der Waals surface area contributed by atoms with Gasteiger partial charge in [0.25, 0.3) is 0 Å². The molecule has 0 aliphatic carbocycles. The number of hydrogen-bond acceptors (Lipinski definition) is 1. The van der Waals surface area contributed by atoms with Crippen LogP contribution < -0.4 is 4.74 Å². The van der Waals surface area contributed by atoms with E-state index in [4.69, 9.17) is 16.3 Å². The van der Waals surface area contributed by atoms with Gasteiger partial charge in [0.15, 0.2) is 0 Å². The molecule has 0 spiro atoms. The Bertz CT molecular complexity index is 561. The summed E-state index contributed by atoms with van der Waals surface area (Å²) in [6.07, 6.45) is 0. The van der Waals surface area contributed by atoms with Gasteiger partial charge in [0.2, 0.25) is 0 Å². The standard InChI is InChI=1S/C16H17ClO/c1-11-4-6-15(9-12(11)2)18-16-7-5-14(10-17)8-13(16)3/h4-9H,10H2,1-3H3. The third-order valence-electron chi connectivity index (χ3n) is 3.10. The molecule has 0 atom stereocenters. The molecule has 0 heterocycles. The molecule has 0 aromatic heterocycles. The van der Waals surface area contributed by atoms with Crippen molar-refractivity contribution in [1.82, 2.24) is 0 Å². The van der Waals surface area contributed by atoms with E-state index in [-0.39, 0.29) is 0 Å². The summed E-state index contributed by atoms with van der Waals surface area (Å²) >= 11 is 5.81. The van der Waals surface area contributed by atoms with Crippen LogP contribution in [-0.2, 0) is 5.88 Å². The Kier molecular flexibility index (Phi) is 3.93.